The Morgan fingerprint density at radius 3 is 3.04 bits per heavy atom. The van der Waals surface area contributed by atoms with E-state index in [1.807, 2.05) is 28.9 Å². The first kappa shape index (κ1) is 17.5. The Labute approximate surface area is 168 Å². The van der Waals surface area contributed by atoms with Crippen LogP contribution in [0.15, 0.2) is 36.2 Å². The number of allylic oxidation sites excluding steroid dienone is 3. The number of urea groups is 1. The van der Waals surface area contributed by atoms with Crippen LogP contribution in [0.3, 0.4) is 0 Å². The Kier molecular flexibility index (Phi) is 4.94. The summed E-state index contributed by atoms with van der Waals surface area (Å²) < 4.78 is 1.51. The quantitative estimate of drug-likeness (QED) is 0.462. The molecule has 0 saturated heterocycles. The second-order valence-electron chi connectivity index (χ2n) is 6.18. The van der Waals surface area contributed by atoms with Crippen molar-refractivity contribution in [1.29, 1.82) is 0 Å². The highest BCUT2D eigenvalue weighted by Crippen LogP contribution is 2.44. The number of carbonyl (C=O) groups excluding carboxylic acids is 2. The van der Waals surface area contributed by atoms with E-state index in [-0.39, 0.29) is 11.9 Å². The van der Waals surface area contributed by atoms with Crippen molar-refractivity contribution in [2.75, 3.05) is 8.43 Å². The summed E-state index contributed by atoms with van der Waals surface area (Å²) >= 11 is 3.25. The van der Waals surface area contributed by atoms with Gasteiger partial charge in [0, 0.05) is 11.9 Å². The van der Waals surface area contributed by atoms with Gasteiger partial charge in [0.15, 0.2) is 0 Å². The molecule has 3 amide bonds. The van der Waals surface area contributed by atoms with Crippen LogP contribution in [0.2, 0.25) is 0 Å². The number of rotatable bonds is 2. The monoisotopic (exact) mass is 480 g/mol. The zero-order valence-electron chi connectivity index (χ0n) is 13.9. The topological polar surface area (TPSA) is 74.3 Å². The first-order chi connectivity index (χ1) is 12.6. The van der Waals surface area contributed by atoms with Crippen molar-refractivity contribution in [1.82, 2.24) is 10.3 Å². The van der Waals surface area contributed by atoms with Crippen molar-refractivity contribution in [3.63, 3.8) is 0 Å². The van der Waals surface area contributed by atoms with Crippen LogP contribution in [0, 0.1) is 0 Å². The minimum Gasteiger partial charge on any atom is -0.322 e. The van der Waals surface area contributed by atoms with Gasteiger partial charge >= 0.3 is 6.03 Å². The zero-order chi connectivity index (χ0) is 18.1. The molecular weight excluding hydrogens is 463 g/mol. The first-order valence-corrected chi connectivity index (χ1v) is 10.3. The van der Waals surface area contributed by atoms with Gasteiger partial charge in [-0.3, -0.25) is 4.79 Å². The molecular formula is C18H17IN4O2S. The van der Waals surface area contributed by atoms with E-state index in [9.17, 15) is 9.59 Å². The third-order valence-electron chi connectivity index (χ3n) is 4.39. The number of nitrogens with one attached hydrogen (secondary N) is 2. The standard InChI is InChI=1S/C18H17IN4O2S/c19-23-12-9-10-20-17-13(12)14(22-18(23)25)15(26-17)16(24)21-11-7-5-3-1-2-4-6-8-11/h5,7-10H,1-4,6H2,(H,21,24)(H,22,25)/b7-5-,11-8+. The van der Waals surface area contributed by atoms with Crippen molar-refractivity contribution in [2.45, 2.75) is 32.1 Å². The van der Waals surface area contributed by atoms with E-state index < -0.39 is 0 Å². The molecule has 2 aromatic rings. The minimum absolute atomic E-state index is 0.216. The van der Waals surface area contributed by atoms with E-state index in [0.29, 0.717) is 10.6 Å². The average Bonchev–Trinajstić information content (AvgIpc) is 3.05. The van der Waals surface area contributed by atoms with Crippen molar-refractivity contribution in [3.8, 4) is 0 Å². The number of hydrogen-bond acceptors (Lipinski definition) is 4. The van der Waals surface area contributed by atoms with Crippen LogP contribution in [-0.4, -0.2) is 16.9 Å². The Balaban J connectivity index is 1.69. The van der Waals surface area contributed by atoms with Gasteiger partial charge < -0.3 is 10.6 Å². The van der Waals surface area contributed by atoms with E-state index in [4.69, 9.17) is 0 Å². The number of carbonyl (C=O) groups is 2. The molecule has 6 nitrogen and oxygen atoms in total. The summed E-state index contributed by atoms with van der Waals surface area (Å²) in [7, 11) is 0. The van der Waals surface area contributed by atoms with E-state index in [1.165, 1.54) is 27.3 Å². The second-order valence-corrected chi connectivity index (χ2v) is 8.15. The summed E-state index contributed by atoms with van der Waals surface area (Å²) in [6.07, 6.45) is 13.3. The fraction of sp³-hybridized carbons (Fsp3) is 0.278. The van der Waals surface area contributed by atoms with E-state index in [2.05, 4.69) is 27.8 Å². The highest BCUT2D eigenvalue weighted by atomic mass is 127. The number of hydrogen-bond donors (Lipinski definition) is 2. The van der Waals surface area contributed by atoms with Gasteiger partial charge in [-0.25, -0.2) is 12.9 Å². The van der Waals surface area contributed by atoms with Crippen LogP contribution in [-0.2, 0) is 0 Å². The van der Waals surface area contributed by atoms with Crippen LogP contribution >= 0.6 is 34.2 Å². The summed E-state index contributed by atoms with van der Waals surface area (Å²) in [6.45, 7) is 0. The number of anilines is 2. The van der Waals surface area contributed by atoms with Crippen molar-refractivity contribution >= 4 is 67.7 Å². The molecule has 0 spiro atoms. The van der Waals surface area contributed by atoms with Gasteiger partial charge in [0.25, 0.3) is 5.91 Å². The van der Waals surface area contributed by atoms with Gasteiger partial charge in [-0.15, -0.1) is 11.3 Å². The van der Waals surface area contributed by atoms with E-state index in [1.54, 1.807) is 12.3 Å². The summed E-state index contributed by atoms with van der Waals surface area (Å²) in [6, 6.07) is 1.52. The van der Waals surface area contributed by atoms with Crippen molar-refractivity contribution in [3.05, 3.63) is 41.1 Å². The van der Waals surface area contributed by atoms with E-state index in [0.717, 1.165) is 40.9 Å². The number of nitrogens with zero attached hydrogens (tertiary/aromatic N) is 2. The maximum Gasteiger partial charge on any atom is 0.335 e. The number of thiophene rings is 1. The van der Waals surface area contributed by atoms with Gasteiger partial charge in [-0.05, 0) is 37.8 Å². The van der Waals surface area contributed by atoms with Crippen LogP contribution in [0.25, 0.3) is 10.2 Å². The summed E-state index contributed by atoms with van der Waals surface area (Å²) in [4.78, 5) is 30.7. The van der Waals surface area contributed by atoms with Gasteiger partial charge in [0.05, 0.1) is 39.6 Å². The lowest BCUT2D eigenvalue weighted by Crippen LogP contribution is -2.30. The smallest absolute Gasteiger partial charge is 0.322 e. The molecule has 8 heteroatoms. The van der Waals surface area contributed by atoms with Gasteiger partial charge in [0.2, 0.25) is 0 Å². The lowest BCUT2D eigenvalue weighted by molar-refractivity contribution is 0.0972. The molecule has 2 aliphatic rings. The zero-order valence-corrected chi connectivity index (χ0v) is 16.9. The first-order valence-electron chi connectivity index (χ1n) is 8.51. The fourth-order valence-electron chi connectivity index (χ4n) is 3.11. The van der Waals surface area contributed by atoms with Crippen LogP contribution in [0.1, 0.15) is 41.8 Å². The van der Waals surface area contributed by atoms with Crippen LogP contribution in [0.5, 0.6) is 0 Å². The predicted molar refractivity (Wildman–Crippen MR) is 113 cm³/mol. The lowest BCUT2D eigenvalue weighted by Gasteiger charge is -2.22. The fourth-order valence-corrected chi connectivity index (χ4v) is 4.65. The average molecular weight is 480 g/mol. The summed E-state index contributed by atoms with van der Waals surface area (Å²) in [5.41, 5.74) is 2.12. The maximum atomic E-state index is 12.9. The maximum absolute atomic E-state index is 12.9. The highest BCUT2D eigenvalue weighted by molar-refractivity contribution is 14.1. The largest absolute Gasteiger partial charge is 0.335 e. The molecule has 0 atom stereocenters. The minimum atomic E-state index is -0.264. The molecule has 2 N–H and O–H groups in total. The SMILES string of the molecule is O=C(NC1=C/CCCCC/C=C\1)c1sc2nccc3c2c1NC(=O)N3I. The molecule has 3 heterocycles. The van der Waals surface area contributed by atoms with Crippen molar-refractivity contribution in [2.24, 2.45) is 0 Å². The molecule has 2 aromatic heterocycles. The normalized spacial score (nSPS) is 20.4. The van der Waals surface area contributed by atoms with Crippen molar-refractivity contribution < 1.29 is 9.59 Å². The van der Waals surface area contributed by atoms with Gasteiger partial charge in [0.1, 0.15) is 9.71 Å². The number of halogens is 1. The number of aromatic nitrogens is 1. The summed E-state index contributed by atoms with van der Waals surface area (Å²) in [5, 5.41) is 6.63. The van der Waals surface area contributed by atoms with Gasteiger partial charge in [-0.2, -0.15) is 0 Å². The molecule has 0 fully saturated rings. The molecule has 4 rings (SSSR count). The molecule has 0 radical (unpaired) electrons. The second kappa shape index (κ2) is 7.36. The molecule has 1 aliphatic carbocycles. The van der Waals surface area contributed by atoms with Crippen LogP contribution < -0.4 is 13.7 Å². The molecule has 0 bridgehead atoms. The molecule has 0 saturated carbocycles. The van der Waals surface area contributed by atoms with Gasteiger partial charge in [-0.1, -0.05) is 18.6 Å². The van der Waals surface area contributed by atoms with Crippen LogP contribution in [0.4, 0.5) is 16.2 Å². The molecule has 134 valence electrons. The molecule has 0 unspecified atom stereocenters. The number of pyridine rings is 1. The molecule has 1 aliphatic heterocycles. The summed E-state index contributed by atoms with van der Waals surface area (Å²) in [5.74, 6) is -0.216. The number of amides is 3. The highest BCUT2D eigenvalue weighted by Gasteiger charge is 2.30. The molecule has 26 heavy (non-hydrogen) atoms. The Hall–Kier alpha value is -1.94. The predicted octanol–water partition coefficient (Wildman–Crippen LogP) is 5.13. The Morgan fingerprint density at radius 2 is 2.15 bits per heavy atom. The Bertz CT molecular complexity index is 950. The lowest BCUT2D eigenvalue weighted by atomic mass is 10.1. The molecule has 0 aromatic carbocycles. The third-order valence-corrected chi connectivity index (χ3v) is 6.45. The Morgan fingerprint density at radius 1 is 1.31 bits per heavy atom. The van der Waals surface area contributed by atoms with E-state index >= 15 is 0 Å². The third kappa shape index (κ3) is 3.23.